The maximum atomic E-state index is 10.2. The Hall–Kier alpha value is -0.330. The number of hydrogen-bond donors (Lipinski definition) is 0. The molecule has 0 aromatic heterocycles. The molecule has 0 spiro atoms. The molecule has 39 valence electrons. The van der Waals surface area contributed by atoms with Gasteiger partial charge in [0.2, 0.25) is 0 Å². The SMILES string of the molecule is CC(=O)[CH]C1CC1. The summed E-state index contributed by atoms with van der Waals surface area (Å²) in [5.74, 6) is 0.875. The van der Waals surface area contributed by atoms with Gasteiger partial charge in [0.1, 0.15) is 5.78 Å². The summed E-state index contributed by atoms with van der Waals surface area (Å²) in [6.45, 7) is 1.61. The number of rotatable bonds is 2. The van der Waals surface area contributed by atoms with Crippen LogP contribution in [-0.4, -0.2) is 5.78 Å². The first-order chi connectivity index (χ1) is 3.29. The second-order valence-electron chi connectivity index (χ2n) is 2.11. The normalized spacial score (nSPS) is 19.6. The lowest BCUT2D eigenvalue weighted by atomic mass is 10.2. The van der Waals surface area contributed by atoms with Gasteiger partial charge < -0.3 is 0 Å². The monoisotopic (exact) mass is 97.1 g/mol. The summed E-state index contributed by atoms with van der Waals surface area (Å²) in [4.78, 5) is 10.2. The van der Waals surface area contributed by atoms with Crippen molar-refractivity contribution in [1.82, 2.24) is 0 Å². The van der Waals surface area contributed by atoms with Gasteiger partial charge in [0.25, 0.3) is 0 Å². The predicted octanol–water partition coefficient (Wildman–Crippen LogP) is 1.19. The zero-order valence-electron chi connectivity index (χ0n) is 4.48. The second-order valence-corrected chi connectivity index (χ2v) is 2.11. The first kappa shape index (κ1) is 4.82. The van der Waals surface area contributed by atoms with Gasteiger partial charge in [0, 0.05) is 6.42 Å². The van der Waals surface area contributed by atoms with Crippen LogP contribution in [0.5, 0.6) is 0 Å². The molecule has 0 unspecified atom stereocenters. The highest BCUT2D eigenvalue weighted by molar-refractivity contribution is 5.85. The van der Waals surface area contributed by atoms with Crippen LogP contribution in [-0.2, 0) is 4.79 Å². The highest BCUT2D eigenvalue weighted by Crippen LogP contribution is 2.31. The quantitative estimate of drug-likeness (QED) is 0.505. The van der Waals surface area contributed by atoms with E-state index in [1.807, 2.05) is 0 Å². The van der Waals surface area contributed by atoms with Crippen LogP contribution in [0.1, 0.15) is 19.8 Å². The van der Waals surface area contributed by atoms with Gasteiger partial charge in [-0.3, -0.25) is 4.79 Å². The van der Waals surface area contributed by atoms with Crippen LogP contribution >= 0.6 is 0 Å². The molecule has 0 saturated heterocycles. The van der Waals surface area contributed by atoms with E-state index in [1.54, 1.807) is 13.3 Å². The molecule has 1 nitrogen and oxygen atoms in total. The van der Waals surface area contributed by atoms with Crippen LogP contribution in [0.4, 0.5) is 0 Å². The average molecular weight is 97.1 g/mol. The minimum absolute atomic E-state index is 0.225. The van der Waals surface area contributed by atoms with E-state index in [9.17, 15) is 4.79 Å². The first-order valence-electron chi connectivity index (χ1n) is 2.64. The van der Waals surface area contributed by atoms with Crippen LogP contribution in [0, 0.1) is 12.3 Å². The third-order valence-electron chi connectivity index (χ3n) is 1.09. The van der Waals surface area contributed by atoms with Crippen molar-refractivity contribution in [3.05, 3.63) is 6.42 Å². The van der Waals surface area contributed by atoms with E-state index in [0.29, 0.717) is 5.92 Å². The van der Waals surface area contributed by atoms with Crippen LogP contribution in [0.3, 0.4) is 0 Å². The van der Waals surface area contributed by atoms with Gasteiger partial charge in [-0.1, -0.05) is 0 Å². The van der Waals surface area contributed by atoms with Gasteiger partial charge >= 0.3 is 0 Å². The molecule has 1 saturated carbocycles. The maximum absolute atomic E-state index is 10.2. The maximum Gasteiger partial charge on any atom is 0.133 e. The third kappa shape index (κ3) is 1.72. The number of ketones is 1. The van der Waals surface area contributed by atoms with Crippen molar-refractivity contribution in [1.29, 1.82) is 0 Å². The molecular formula is C6H9O. The summed E-state index contributed by atoms with van der Waals surface area (Å²) in [5, 5.41) is 0. The van der Waals surface area contributed by atoms with E-state index >= 15 is 0 Å². The molecule has 0 aromatic rings. The zero-order valence-corrected chi connectivity index (χ0v) is 4.48. The summed E-state index contributed by atoms with van der Waals surface area (Å²) < 4.78 is 0. The summed E-state index contributed by atoms with van der Waals surface area (Å²) in [5.41, 5.74) is 0. The van der Waals surface area contributed by atoms with Crippen LogP contribution in [0.15, 0.2) is 0 Å². The number of hydrogen-bond acceptors (Lipinski definition) is 1. The Morgan fingerprint density at radius 2 is 2.29 bits per heavy atom. The molecule has 1 heteroatoms. The van der Waals surface area contributed by atoms with Crippen LogP contribution < -0.4 is 0 Å². The van der Waals surface area contributed by atoms with Gasteiger partial charge in [0.15, 0.2) is 0 Å². The smallest absolute Gasteiger partial charge is 0.133 e. The van der Waals surface area contributed by atoms with Crippen molar-refractivity contribution >= 4 is 5.78 Å². The van der Waals surface area contributed by atoms with E-state index in [-0.39, 0.29) is 5.78 Å². The molecule has 1 fully saturated rings. The Kier molecular flexibility index (Phi) is 1.13. The minimum Gasteiger partial charge on any atom is -0.300 e. The highest BCUT2D eigenvalue weighted by Gasteiger charge is 2.22. The predicted molar refractivity (Wildman–Crippen MR) is 27.7 cm³/mol. The number of carbonyl (C=O) groups excluding carboxylic acids is 1. The largest absolute Gasteiger partial charge is 0.300 e. The summed E-state index contributed by atoms with van der Waals surface area (Å²) in [6.07, 6.45) is 4.28. The molecular weight excluding hydrogens is 88.1 g/mol. The highest BCUT2D eigenvalue weighted by atomic mass is 16.1. The Labute approximate surface area is 43.7 Å². The molecule has 0 atom stereocenters. The van der Waals surface area contributed by atoms with Crippen molar-refractivity contribution in [3.8, 4) is 0 Å². The topological polar surface area (TPSA) is 17.1 Å². The minimum atomic E-state index is 0.225. The molecule has 0 amide bonds. The molecule has 0 bridgehead atoms. The molecule has 0 aromatic carbocycles. The van der Waals surface area contributed by atoms with E-state index in [4.69, 9.17) is 0 Å². The van der Waals surface area contributed by atoms with Crippen molar-refractivity contribution < 1.29 is 4.79 Å². The second kappa shape index (κ2) is 1.65. The summed E-state index contributed by atoms with van der Waals surface area (Å²) in [6, 6.07) is 0. The van der Waals surface area contributed by atoms with Crippen molar-refractivity contribution in [2.75, 3.05) is 0 Å². The average Bonchev–Trinajstić information content (AvgIpc) is 2.17. The van der Waals surface area contributed by atoms with Crippen molar-refractivity contribution in [2.45, 2.75) is 19.8 Å². The Balaban J connectivity index is 2.08. The molecule has 0 aliphatic heterocycles. The van der Waals surface area contributed by atoms with Gasteiger partial charge in [-0.15, -0.1) is 0 Å². The van der Waals surface area contributed by atoms with E-state index < -0.39 is 0 Å². The first-order valence-corrected chi connectivity index (χ1v) is 2.64. The van der Waals surface area contributed by atoms with Crippen molar-refractivity contribution in [2.24, 2.45) is 5.92 Å². The number of Topliss-reactive ketones (excluding diaryl/α,β-unsaturated/α-hetero) is 1. The molecule has 1 rings (SSSR count). The third-order valence-corrected chi connectivity index (χ3v) is 1.09. The molecule has 1 aliphatic carbocycles. The molecule has 0 heterocycles. The summed E-state index contributed by atoms with van der Waals surface area (Å²) >= 11 is 0. The number of carbonyl (C=O) groups is 1. The van der Waals surface area contributed by atoms with E-state index in [0.717, 1.165) is 0 Å². The zero-order chi connectivity index (χ0) is 5.28. The Morgan fingerprint density at radius 3 is 2.43 bits per heavy atom. The molecule has 0 N–H and O–H groups in total. The van der Waals surface area contributed by atoms with Gasteiger partial charge in [0.05, 0.1) is 0 Å². The van der Waals surface area contributed by atoms with Crippen LogP contribution in [0.2, 0.25) is 0 Å². The Bertz CT molecular complexity index is 82.2. The van der Waals surface area contributed by atoms with Gasteiger partial charge in [-0.2, -0.15) is 0 Å². The molecule has 1 aliphatic rings. The lowest BCUT2D eigenvalue weighted by Gasteiger charge is -1.82. The lowest BCUT2D eigenvalue weighted by Crippen LogP contribution is -1.90. The standard InChI is InChI=1S/C6H9O/c1-5(7)4-6-2-3-6/h4,6H,2-3H2,1H3. The fourth-order valence-electron chi connectivity index (χ4n) is 0.595. The fraction of sp³-hybridized carbons (Fsp3) is 0.667. The molecule has 1 radical (unpaired) electrons. The fourth-order valence-corrected chi connectivity index (χ4v) is 0.595. The van der Waals surface area contributed by atoms with Crippen molar-refractivity contribution in [3.63, 3.8) is 0 Å². The van der Waals surface area contributed by atoms with Gasteiger partial charge in [-0.05, 0) is 25.7 Å². The molecule has 7 heavy (non-hydrogen) atoms. The van der Waals surface area contributed by atoms with Gasteiger partial charge in [-0.25, -0.2) is 0 Å². The lowest BCUT2D eigenvalue weighted by molar-refractivity contribution is -0.114. The van der Waals surface area contributed by atoms with E-state index in [1.165, 1.54) is 12.8 Å². The Morgan fingerprint density at radius 1 is 1.71 bits per heavy atom. The summed E-state index contributed by atoms with van der Waals surface area (Å²) in [7, 11) is 0. The van der Waals surface area contributed by atoms with Crippen LogP contribution in [0.25, 0.3) is 0 Å². The van der Waals surface area contributed by atoms with E-state index in [2.05, 4.69) is 0 Å².